The molecule has 0 saturated carbocycles. The molecule has 1 atom stereocenters. The minimum Gasteiger partial charge on any atom is -0.491 e. The summed E-state index contributed by atoms with van der Waals surface area (Å²) in [6.45, 7) is 5.76. The predicted molar refractivity (Wildman–Crippen MR) is 88.5 cm³/mol. The minimum atomic E-state index is -0.382. The molecule has 5 nitrogen and oxygen atoms in total. The third kappa shape index (κ3) is 3.57. The summed E-state index contributed by atoms with van der Waals surface area (Å²) >= 11 is 5.19. The maximum atomic E-state index is 12.1. The third-order valence-corrected chi connectivity index (χ3v) is 3.48. The highest BCUT2D eigenvalue weighted by atomic mass is 32.1. The summed E-state index contributed by atoms with van der Waals surface area (Å²) in [5, 5.41) is 6.55. The van der Waals surface area contributed by atoms with Crippen molar-refractivity contribution in [1.82, 2.24) is 10.6 Å². The molecule has 0 radical (unpaired) electrons. The summed E-state index contributed by atoms with van der Waals surface area (Å²) in [5.41, 5.74) is 2.14. The fraction of sp³-hybridized carbons (Fsp3) is 0.375. The van der Waals surface area contributed by atoms with Gasteiger partial charge in [0, 0.05) is 5.70 Å². The van der Waals surface area contributed by atoms with E-state index >= 15 is 0 Å². The van der Waals surface area contributed by atoms with Gasteiger partial charge in [-0.2, -0.15) is 0 Å². The first kappa shape index (κ1) is 16.3. The Hall–Kier alpha value is -2.08. The molecule has 0 fully saturated rings. The molecule has 1 aromatic carbocycles. The second-order valence-corrected chi connectivity index (χ2v) is 5.71. The van der Waals surface area contributed by atoms with E-state index in [1.807, 2.05) is 45.0 Å². The quantitative estimate of drug-likeness (QED) is 0.656. The van der Waals surface area contributed by atoms with Crippen LogP contribution >= 0.6 is 12.2 Å². The standard InChI is InChI=1S/C16H20N2O3S/c1-9(2)21-12-7-5-11(6-8-12)14-13(15(19)20-4)10(3)17-16(22)18-14/h5-9,14H,1-4H3,(H2,17,18,22)/t14-/m0/s1. The average molecular weight is 320 g/mol. The Morgan fingerprint density at radius 1 is 1.27 bits per heavy atom. The molecule has 2 N–H and O–H groups in total. The Balaban J connectivity index is 2.33. The Morgan fingerprint density at radius 3 is 2.45 bits per heavy atom. The Labute approximate surface area is 135 Å². The number of ether oxygens (including phenoxy) is 2. The first-order chi connectivity index (χ1) is 10.4. The fourth-order valence-electron chi connectivity index (χ4n) is 2.34. The average Bonchev–Trinajstić information content (AvgIpc) is 2.46. The van der Waals surface area contributed by atoms with Crippen molar-refractivity contribution in [3.05, 3.63) is 41.1 Å². The van der Waals surface area contributed by atoms with Crippen LogP contribution < -0.4 is 15.4 Å². The summed E-state index contributed by atoms with van der Waals surface area (Å²) in [5.74, 6) is 0.406. The van der Waals surface area contributed by atoms with Gasteiger partial charge >= 0.3 is 5.97 Å². The number of methoxy groups -OCH3 is 1. The van der Waals surface area contributed by atoms with Gasteiger partial charge in [-0.15, -0.1) is 0 Å². The van der Waals surface area contributed by atoms with Gasteiger partial charge in [-0.1, -0.05) is 12.1 Å². The van der Waals surface area contributed by atoms with Crippen molar-refractivity contribution < 1.29 is 14.3 Å². The molecule has 0 unspecified atom stereocenters. The number of esters is 1. The number of hydrogen-bond acceptors (Lipinski definition) is 4. The van der Waals surface area contributed by atoms with Crippen molar-refractivity contribution in [2.45, 2.75) is 32.9 Å². The van der Waals surface area contributed by atoms with Gasteiger partial charge in [0.15, 0.2) is 5.11 Å². The van der Waals surface area contributed by atoms with Crippen LogP contribution in [-0.2, 0) is 9.53 Å². The van der Waals surface area contributed by atoms with Gasteiger partial charge in [0.05, 0.1) is 24.8 Å². The lowest BCUT2D eigenvalue weighted by Crippen LogP contribution is -2.45. The van der Waals surface area contributed by atoms with E-state index in [0.717, 1.165) is 11.3 Å². The van der Waals surface area contributed by atoms with Crippen LogP contribution in [0.15, 0.2) is 35.5 Å². The maximum absolute atomic E-state index is 12.1. The Bertz CT molecular complexity index is 608. The number of carbonyl (C=O) groups excluding carboxylic acids is 1. The monoisotopic (exact) mass is 320 g/mol. The Morgan fingerprint density at radius 2 is 1.91 bits per heavy atom. The molecule has 0 bridgehead atoms. The molecule has 1 aromatic rings. The van der Waals surface area contributed by atoms with Crippen molar-refractivity contribution in [2.75, 3.05) is 7.11 Å². The van der Waals surface area contributed by atoms with Gasteiger partial charge in [0.25, 0.3) is 0 Å². The molecule has 0 saturated heterocycles. The molecule has 0 aromatic heterocycles. The third-order valence-electron chi connectivity index (χ3n) is 3.26. The van der Waals surface area contributed by atoms with Crippen LogP contribution in [0, 0.1) is 0 Å². The number of hydrogen-bond donors (Lipinski definition) is 2. The summed E-state index contributed by atoms with van der Waals surface area (Å²) in [4.78, 5) is 12.1. The zero-order valence-electron chi connectivity index (χ0n) is 13.1. The topological polar surface area (TPSA) is 59.6 Å². The molecular weight excluding hydrogens is 300 g/mol. The molecule has 1 heterocycles. The molecule has 0 aliphatic carbocycles. The first-order valence-electron chi connectivity index (χ1n) is 7.05. The summed E-state index contributed by atoms with van der Waals surface area (Å²) in [6, 6.07) is 7.26. The number of thiocarbonyl (C=S) groups is 1. The normalized spacial score (nSPS) is 17.9. The van der Waals surface area contributed by atoms with Gasteiger partial charge < -0.3 is 20.1 Å². The lowest BCUT2D eigenvalue weighted by Gasteiger charge is -2.29. The number of nitrogens with one attached hydrogen (secondary N) is 2. The van der Waals surface area contributed by atoms with E-state index in [0.29, 0.717) is 16.4 Å². The number of rotatable bonds is 4. The van der Waals surface area contributed by atoms with E-state index in [2.05, 4.69) is 10.6 Å². The van der Waals surface area contributed by atoms with Gasteiger partial charge in [-0.05, 0) is 50.7 Å². The highest BCUT2D eigenvalue weighted by Crippen LogP contribution is 2.28. The minimum absolute atomic E-state index is 0.114. The fourth-order valence-corrected chi connectivity index (χ4v) is 2.61. The predicted octanol–water partition coefficient (Wildman–Crippen LogP) is 2.44. The molecule has 6 heteroatoms. The smallest absolute Gasteiger partial charge is 0.337 e. The van der Waals surface area contributed by atoms with Crippen molar-refractivity contribution in [3.8, 4) is 5.75 Å². The van der Waals surface area contributed by atoms with Gasteiger partial charge in [-0.3, -0.25) is 0 Å². The number of allylic oxidation sites excluding steroid dienone is 1. The van der Waals surface area contributed by atoms with E-state index in [9.17, 15) is 4.79 Å². The molecule has 0 amide bonds. The lowest BCUT2D eigenvalue weighted by atomic mass is 9.95. The largest absolute Gasteiger partial charge is 0.491 e. The van der Waals surface area contributed by atoms with E-state index in [1.54, 1.807) is 0 Å². The molecule has 2 rings (SSSR count). The van der Waals surface area contributed by atoms with Gasteiger partial charge in [0.1, 0.15) is 5.75 Å². The molecule has 1 aliphatic heterocycles. The van der Waals surface area contributed by atoms with Crippen LogP contribution in [0.4, 0.5) is 0 Å². The first-order valence-corrected chi connectivity index (χ1v) is 7.46. The van der Waals surface area contributed by atoms with Gasteiger partial charge in [-0.25, -0.2) is 4.79 Å². The summed E-state index contributed by atoms with van der Waals surface area (Å²) < 4.78 is 10.5. The highest BCUT2D eigenvalue weighted by Gasteiger charge is 2.30. The zero-order valence-corrected chi connectivity index (χ0v) is 13.9. The van der Waals surface area contributed by atoms with E-state index in [4.69, 9.17) is 21.7 Å². The zero-order chi connectivity index (χ0) is 16.3. The van der Waals surface area contributed by atoms with Crippen LogP contribution in [0.5, 0.6) is 5.75 Å². The van der Waals surface area contributed by atoms with Gasteiger partial charge in [0.2, 0.25) is 0 Å². The van der Waals surface area contributed by atoms with Crippen LogP contribution in [0.3, 0.4) is 0 Å². The second kappa shape index (κ2) is 6.79. The molecule has 0 spiro atoms. The van der Waals surface area contributed by atoms with E-state index < -0.39 is 0 Å². The number of benzene rings is 1. The van der Waals surface area contributed by atoms with Crippen LogP contribution in [0.2, 0.25) is 0 Å². The van der Waals surface area contributed by atoms with E-state index in [1.165, 1.54) is 7.11 Å². The van der Waals surface area contributed by atoms with Crippen molar-refractivity contribution >= 4 is 23.3 Å². The molecular formula is C16H20N2O3S. The van der Waals surface area contributed by atoms with Crippen LogP contribution in [-0.4, -0.2) is 24.3 Å². The van der Waals surface area contributed by atoms with Crippen molar-refractivity contribution in [3.63, 3.8) is 0 Å². The molecule has 118 valence electrons. The lowest BCUT2D eigenvalue weighted by molar-refractivity contribution is -0.136. The number of carbonyl (C=O) groups is 1. The second-order valence-electron chi connectivity index (χ2n) is 5.30. The summed E-state index contributed by atoms with van der Waals surface area (Å²) in [7, 11) is 1.37. The van der Waals surface area contributed by atoms with Crippen LogP contribution in [0.1, 0.15) is 32.4 Å². The van der Waals surface area contributed by atoms with Crippen molar-refractivity contribution in [2.24, 2.45) is 0 Å². The maximum Gasteiger partial charge on any atom is 0.337 e. The SMILES string of the molecule is COC(=O)C1=C(C)NC(=S)N[C@H]1c1ccc(OC(C)C)cc1. The molecule has 1 aliphatic rings. The van der Waals surface area contributed by atoms with E-state index in [-0.39, 0.29) is 18.1 Å². The van der Waals surface area contributed by atoms with Crippen molar-refractivity contribution in [1.29, 1.82) is 0 Å². The Kier molecular flexibility index (Phi) is 5.03. The highest BCUT2D eigenvalue weighted by molar-refractivity contribution is 7.80. The van der Waals surface area contributed by atoms with Crippen LogP contribution in [0.25, 0.3) is 0 Å². The summed E-state index contributed by atoms with van der Waals surface area (Å²) in [6.07, 6.45) is 0.114. The molecule has 22 heavy (non-hydrogen) atoms.